The summed E-state index contributed by atoms with van der Waals surface area (Å²) in [5, 5.41) is 7.18. The molecule has 3 rings (SSSR count). The molecule has 24 heavy (non-hydrogen) atoms. The van der Waals surface area contributed by atoms with Crippen molar-refractivity contribution in [3.05, 3.63) is 60.4 Å². The highest BCUT2D eigenvalue weighted by atomic mass is 32.1. The maximum absolute atomic E-state index is 5.47. The highest BCUT2D eigenvalue weighted by molar-refractivity contribution is 7.80. The maximum Gasteiger partial charge on any atom is 0.170 e. The van der Waals surface area contributed by atoms with Crippen molar-refractivity contribution in [3.63, 3.8) is 0 Å². The van der Waals surface area contributed by atoms with Crippen LogP contribution in [0.5, 0.6) is 0 Å². The standard InChI is InChI=1S/C18H22N4OS/c24-18(21-16-6-2-1-3-7-16)20-14-17(15-5-4-8-19-13-15)22-9-11-23-12-10-22/h1-8,13,17H,9-12,14H2,(H2,20,21,24)/t17-/m1/s1. The van der Waals surface area contributed by atoms with Crippen LogP contribution in [-0.2, 0) is 4.74 Å². The van der Waals surface area contributed by atoms with Crippen molar-refractivity contribution in [2.75, 3.05) is 38.2 Å². The third-order valence-electron chi connectivity index (χ3n) is 4.04. The number of morpholine rings is 1. The third-order valence-corrected chi connectivity index (χ3v) is 4.29. The average Bonchev–Trinajstić information content (AvgIpc) is 2.64. The molecular formula is C18H22N4OS. The fraction of sp³-hybridized carbons (Fsp3) is 0.333. The van der Waals surface area contributed by atoms with Gasteiger partial charge in [-0.1, -0.05) is 24.3 Å². The molecule has 1 aromatic carbocycles. The maximum atomic E-state index is 5.47. The smallest absolute Gasteiger partial charge is 0.170 e. The number of rotatable bonds is 5. The number of anilines is 1. The monoisotopic (exact) mass is 342 g/mol. The van der Waals surface area contributed by atoms with Gasteiger partial charge < -0.3 is 15.4 Å². The van der Waals surface area contributed by atoms with Gasteiger partial charge in [0, 0.05) is 37.7 Å². The summed E-state index contributed by atoms with van der Waals surface area (Å²) in [5.41, 5.74) is 2.17. The van der Waals surface area contributed by atoms with Crippen LogP contribution >= 0.6 is 12.2 Å². The number of ether oxygens (including phenoxy) is 1. The minimum absolute atomic E-state index is 0.220. The molecule has 0 amide bonds. The van der Waals surface area contributed by atoms with Crippen LogP contribution in [0.25, 0.3) is 0 Å². The zero-order valence-electron chi connectivity index (χ0n) is 13.5. The lowest BCUT2D eigenvalue weighted by molar-refractivity contribution is 0.0170. The molecule has 2 aromatic rings. The Morgan fingerprint density at radius 3 is 2.67 bits per heavy atom. The summed E-state index contributed by atoms with van der Waals surface area (Å²) in [7, 11) is 0. The first-order valence-electron chi connectivity index (χ1n) is 8.14. The first kappa shape index (κ1) is 16.8. The molecule has 0 saturated carbocycles. The Morgan fingerprint density at radius 1 is 1.17 bits per heavy atom. The van der Waals surface area contributed by atoms with Crippen molar-refractivity contribution < 1.29 is 4.74 Å². The van der Waals surface area contributed by atoms with Gasteiger partial charge in [0.05, 0.1) is 19.3 Å². The topological polar surface area (TPSA) is 49.4 Å². The SMILES string of the molecule is S=C(NC[C@H](c1cccnc1)N1CCOCC1)Nc1ccccc1. The second-order valence-electron chi connectivity index (χ2n) is 5.65. The van der Waals surface area contributed by atoms with Gasteiger partial charge in [-0.25, -0.2) is 0 Å². The molecule has 5 nitrogen and oxygen atoms in total. The summed E-state index contributed by atoms with van der Waals surface area (Å²) in [4.78, 5) is 6.68. The van der Waals surface area contributed by atoms with Crippen LogP contribution in [0.4, 0.5) is 5.69 Å². The minimum atomic E-state index is 0.220. The lowest BCUT2D eigenvalue weighted by Crippen LogP contribution is -2.44. The third kappa shape index (κ3) is 4.74. The molecule has 126 valence electrons. The summed E-state index contributed by atoms with van der Waals surface area (Å²) in [6.45, 7) is 4.09. The van der Waals surface area contributed by atoms with Gasteiger partial charge in [0.25, 0.3) is 0 Å². The van der Waals surface area contributed by atoms with Gasteiger partial charge in [-0.3, -0.25) is 9.88 Å². The molecule has 2 heterocycles. The normalized spacial score (nSPS) is 16.3. The molecule has 1 aliphatic heterocycles. The first-order valence-corrected chi connectivity index (χ1v) is 8.55. The molecule has 6 heteroatoms. The van der Waals surface area contributed by atoms with Gasteiger partial charge in [-0.15, -0.1) is 0 Å². The number of thiocarbonyl (C=S) groups is 1. The largest absolute Gasteiger partial charge is 0.379 e. The molecule has 1 aromatic heterocycles. The summed E-state index contributed by atoms with van der Waals surface area (Å²) in [5.74, 6) is 0. The number of pyridine rings is 1. The number of aromatic nitrogens is 1. The Hall–Kier alpha value is -2.02. The summed E-state index contributed by atoms with van der Waals surface area (Å²) in [6, 6.07) is 14.2. The first-order chi connectivity index (χ1) is 11.8. The predicted molar refractivity (Wildman–Crippen MR) is 100 cm³/mol. The van der Waals surface area contributed by atoms with E-state index in [0.717, 1.165) is 38.5 Å². The van der Waals surface area contributed by atoms with E-state index in [4.69, 9.17) is 17.0 Å². The van der Waals surface area contributed by atoms with Crippen LogP contribution in [0.3, 0.4) is 0 Å². The predicted octanol–water partition coefficient (Wildman–Crippen LogP) is 2.44. The van der Waals surface area contributed by atoms with Gasteiger partial charge in [0.15, 0.2) is 5.11 Å². The van der Waals surface area contributed by atoms with E-state index < -0.39 is 0 Å². The van der Waals surface area contributed by atoms with Crippen LogP contribution in [-0.4, -0.2) is 47.8 Å². The molecule has 0 radical (unpaired) electrons. The molecule has 0 bridgehead atoms. The molecule has 0 unspecified atom stereocenters. The van der Waals surface area contributed by atoms with Gasteiger partial charge in [-0.2, -0.15) is 0 Å². The number of para-hydroxylation sites is 1. The van der Waals surface area contributed by atoms with Gasteiger partial charge in [0.1, 0.15) is 0 Å². The van der Waals surface area contributed by atoms with E-state index in [0.29, 0.717) is 5.11 Å². The van der Waals surface area contributed by atoms with Crippen molar-refractivity contribution in [3.8, 4) is 0 Å². The molecule has 0 aliphatic carbocycles. The van der Waals surface area contributed by atoms with E-state index in [1.54, 1.807) is 6.20 Å². The molecule has 1 atom stereocenters. The Kier molecular flexibility index (Phi) is 6.12. The zero-order valence-corrected chi connectivity index (χ0v) is 14.3. The Labute approximate surface area is 148 Å². The molecule has 0 spiro atoms. The number of hydrogen-bond acceptors (Lipinski definition) is 4. The molecule has 1 fully saturated rings. The number of nitrogens with zero attached hydrogens (tertiary/aromatic N) is 2. The quantitative estimate of drug-likeness (QED) is 0.814. The second kappa shape index (κ2) is 8.73. The minimum Gasteiger partial charge on any atom is -0.379 e. The molecule has 2 N–H and O–H groups in total. The Balaban J connectivity index is 1.62. The van der Waals surface area contributed by atoms with E-state index in [1.807, 2.05) is 42.6 Å². The van der Waals surface area contributed by atoms with Gasteiger partial charge >= 0.3 is 0 Å². The summed E-state index contributed by atoms with van der Waals surface area (Å²) >= 11 is 5.42. The van der Waals surface area contributed by atoms with Crippen molar-refractivity contribution in [2.24, 2.45) is 0 Å². The fourth-order valence-corrected chi connectivity index (χ4v) is 3.01. The van der Waals surface area contributed by atoms with E-state index in [-0.39, 0.29) is 6.04 Å². The van der Waals surface area contributed by atoms with Crippen molar-refractivity contribution in [1.82, 2.24) is 15.2 Å². The van der Waals surface area contributed by atoms with E-state index in [2.05, 4.69) is 26.6 Å². The van der Waals surface area contributed by atoms with Crippen molar-refractivity contribution >= 4 is 23.0 Å². The molecular weight excluding hydrogens is 320 g/mol. The second-order valence-corrected chi connectivity index (χ2v) is 6.06. The van der Waals surface area contributed by atoms with Gasteiger partial charge in [0.2, 0.25) is 0 Å². The van der Waals surface area contributed by atoms with Crippen LogP contribution in [0.15, 0.2) is 54.9 Å². The van der Waals surface area contributed by atoms with E-state index in [1.165, 1.54) is 5.56 Å². The van der Waals surface area contributed by atoms with Gasteiger partial charge in [-0.05, 0) is 36.0 Å². The lowest BCUT2D eigenvalue weighted by atomic mass is 10.1. The van der Waals surface area contributed by atoms with Crippen molar-refractivity contribution in [1.29, 1.82) is 0 Å². The lowest BCUT2D eigenvalue weighted by Gasteiger charge is -2.35. The van der Waals surface area contributed by atoms with Crippen LogP contribution < -0.4 is 10.6 Å². The van der Waals surface area contributed by atoms with Crippen LogP contribution in [0, 0.1) is 0 Å². The number of benzene rings is 1. The van der Waals surface area contributed by atoms with Crippen LogP contribution in [0.2, 0.25) is 0 Å². The van der Waals surface area contributed by atoms with Crippen LogP contribution in [0.1, 0.15) is 11.6 Å². The highest BCUT2D eigenvalue weighted by Gasteiger charge is 2.22. The molecule has 1 saturated heterocycles. The Bertz CT molecular complexity index is 632. The number of nitrogens with one attached hydrogen (secondary N) is 2. The summed E-state index contributed by atoms with van der Waals surface area (Å²) < 4.78 is 5.47. The van der Waals surface area contributed by atoms with Crippen molar-refractivity contribution in [2.45, 2.75) is 6.04 Å². The summed E-state index contributed by atoms with van der Waals surface area (Å²) in [6.07, 6.45) is 3.73. The fourth-order valence-electron chi connectivity index (χ4n) is 2.81. The zero-order chi connectivity index (χ0) is 16.6. The average molecular weight is 342 g/mol. The number of hydrogen-bond donors (Lipinski definition) is 2. The highest BCUT2D eigenvalue weighted by Crippen LogP contribution is 2.20. The Morgan fingerprint density at radius 2 is 1.96 bits per heavy atom. The van der Waals surface area contributed by atoms with E-state index >= 15 is 0 Å². The van der Waals surface area contributed by atoms with E-state index in [9.17, 15) is 0 Å². The molecule has 1 aliphatic rings.